The van der Waals surface area contributed by atoms with Crippen molar-refractivity contribution in [2.75, 3.05) is 38.7 Å². The lowest BCUT2D eigenvalue weighted by molar-refractivity contribution is 0.348. The van der Waals surface area contributed by atoms with Gasteiger partial charge in [-0.2, -0.15) is 0 Å². The van der Waals surface area contributed by atoms with Gasteiger partial charge in [-0.25, -0.2) is 4.90 Å². The monoisotopic (exact) mass is 416 g/mol. The number of likely N-dealkylation sites (tertiary alicyclic amines) is 1. The maximum absolute atomic E-state index is 6.32. The highest BCUT2D eigenvalue weighted by Crippen LogP contribution is 2.38. The van der Waals surface area contributed by atoms with E-state index in [0.29, 0.717) is 17.6 Å². The molecule has 2 heterocycles. The van der Waals surface area contributed by atoms with Crippen molar-refractivity contribution in [2.45, 2.75) is 19.3 Å². The van der Waals surface area contributed by atoms with Crippen LogP contribution in [0.4, 0.5) is 11.6 Å². The number of rotatable bonds is 5. The molecule has 0 saturated carbocycles. The predicted molar refractivity (Wildman–Crippen MR) is 126 cm³/mol. The van der Waals surface area contributed by atoms with E-state index in [1.165, 1.54) is 25.9 Å². The number of aliphatic imine (C=N–C) groups is 1. The number of fused-ring (bicyclic) bond motifs is 1. The van der Waals surface area contributed by atoms with Crippen LogP contribution in [0, 0.1) is 11.8 Å². The molecule has 0 bridgehead atoms. The van der Waals surface area contributed by atoms with Crippen LogP contribution in [0.25, 0.3) is 10.8 Å². The third-order valence-corrected chi connectivity index (χ3v) is 5.55. The molecule has 31 heavy (non-hydrogen) atoms. The zero-order valence-corrected chi connectivity index (χ0v) is 18.1. The number of hydrogen-bond donors (Lipinski definition) is 1. The molecule has 2 aromatic carbocycles. The van der Waals surface area contributed by atoms with Crippen molar-refractivity contribution < 1.29 is 9.15 Å². The van der Waals surface area contributed by atoms with Crippen LogP contribution in [0.3, 0.4) is 0 Å². The van der Waals surface area contributed by atoms with Gasteiger partial charge in [0, 0.05) is 36.3 Å². The molecule has 1 aliphatic heterocycles. The zero-order valence-electron chi connectivity index (χ0n) is 18.1. The van der Waals surface area contributed by atoms with Crippen molar-refractivity contribution in [3.8, 4) is 17.6 Å². The van der Waals surface area contributed by atoms with Crippen LogP contribution < -0.4 is 15.4 Å². The molecule has 0 amide bonds. The molecule has 0 radical (unpaired) electrons. The minimum absolute atomic E-state index is 0.303. The highest BCUT2D eigenvalue weighted by atomic mass is 16.5. The lowest BCUT2D eigenvalue weighted by atomic mass is 10.1. The molecule has 0 aliphatic carbocycles. The predicted octanol–water partition coefficient (Wildman–Crippen LogP) is 4.36. The molecule has 1 saturated heterocycles. The van der Waals surface area contributed by atoms with Gasteiger partial charge in [-0.15, -0.1) is 0 Å². The quantitative estimate of drug-likeness (QED) is 0.380. The Morgan fingerprint density at radius 1 is 1.23 bits per heavy atom. The topological polar surface area (TPSA) is 67.2 Å². The molecular weight excluding hydrogens is 388 g/mol. The van der Waals surface area contributed by atoms with E-state index in [2.05, 4.69) is 21.7 Å². The normalized spacial score (nSPS) is 14.5. The Kier molecular flexibility index (Phi) is 6.44. The maximum Gasteiger partial charge on any atom is 0.214 e. The number of nitrogens with zero attached hydrogens (tertiary/aromatic N) is 3. The average Bonchev–Trinajstić information content (AvgIpc) is 3.47. The van der Waals surface area contributed by atoms with Gasteiger partial charge in [0.25, 0.3) is 0 Å². The lowest BCUT2D eigenvalue weighted by Crippen LogP contribution is -2.33. The molecule has 1 aromatic heterocycles. The van der Waals surface area contributed by atoms with E-state index >= 15 is 0 Å². The third kappa shape index (κ3) is 4.52. The molecule has 0 unspecified atom stereocenters. The smallest absolute Gasteiger partial charge is 0.214 e. The van der Waals surface area contributed by atoms with Gasteiger partial charge in [0.15, 0.2) is 0 Å². The summed E-state index contributed by atoms with van der Waals surface area (Å²) in [4.78, 5) is 8.46. The Hall–Kier alpha value is -3.43. The third-order valence-electron chi connectivity index (χ3n) is 5.55. The van der Waals surface area contributed by atoms with E-state index in [1.807, 2.05) is 42.5 Å². The Labute approximate surface area is 183 Å². The van der Waals surface area contributed by atoms with Gasteiger partial charge in [0.1, 0.15) is 12.0 Å². The second-order valence-electron chi connectivity index (χ2n) is 7.53. The second kappa shape index (κ2) is 9.59. The summed E-state index contributed by atoms with van der Waals surface area (Å²) < 4.78 is 11.5. The largest absolute Gasteiger partial charge is 0.495 e. The van der Waals surface area contributed by atoms with E-state index in [9.17, 15) is 0 Å². The molecule has 6 heteroatoms. The molecule has 0 spiro atoms. The van der Waals surface area contributed by atoms with E-state index in [0.717, 1.165) is 35.0 Å². The fraction of sp³-hybridized carbons (Fsp3) is 0.320. The summed E-state index contributed by atoms with van der Waals surface area (Å²) in [5.41, 5.74) is 7.94. The minimum atomic E-state index is 0.303. The molecule has 160 valence electrons. The van der Waals surface area contributed by atoms with Gasteiger partial charge in [-0.05, 0) is 50.2 Å². The Balaban J connectivity index is 1.68. The molecule has 6 nitrogen and oxygen atoms in total. The highest BCUT2D eigenvalue weighted by Gasteiger charge is 2.23. The Morgan fingerprint density at radius 2 is 2.03 bits per heavy atom. The van der Waals surface area contributed by atoms with E-state index in [4.69, 9.17) is 14.9 Å². The van der Waals surface area contributed by atoms with Crippen LogP contribution in [-0.2, 0) is 0 Å². The van der Waals surface area contributed by atoms with Gasteiger partial charge in [0.05, 0.1) is 12.8 Å². The second-order valence-corrected chi connectivity index (χ2v) is 7.53. The molecule has 1 fully saturated rings. The van der Waals surface area contributed by atoms with Crippen LogP contribution >= 0.6 is 0 Å². The average molecular weight is 417 g/mol. The zero-order chi connectivity index (χ0) is 21.6. The summed E-state index contributed by atoms with van der Waals surface area (Å²) in [6.07, 6.45) is 5.17. The number of nitrogens with two attached hydrogens (primary N) is 1. The van der Waals surface area contributed by atoms with Crippen LogP contribution in [0.2, 0.25) is 0 Å². The van der Waals surface area contributed by atoms with Gasteiger partial charge in [-0.1, -0.05) is 30.0 Å². The Morgan fingerprint density at radius 3 is 2.81 bits per heavy atom. The van der Waals surface area contributed by atoms with Crippen molar-refractivity contribution in [1.82, 2.24) is 4.90 Å². The first-order chi connectivity index (χ1) is 15.2. The first kappa shape index (κ1) is 20.8. The van der Waals surface area contributed by atoms with Gasteiger partial charge >= 0.3 is 0 Å². The summed E-state index contributed by atoms with van der Waals surface area (Å²) in [5.74, 6) is 8.15. The molecular formula is C25H28N4O2. The highest BCUT2D eigenvalue weighted by molar-refractivity contribution is 6.08. The van der Waals surface area contributed by atoms with E-state index in [1.54, 1.807) is 25.3 Å². The number of furan rings is 1. The first-order valence-corrected chi connectivity index (χ1v) is 10.6. The van der Waals surface area contributed by atoms with Gasteiger partial charge in [0.2, 0.25) is 11.8 Å². The van der Waals surface area contributed by atoms with Crippen LogP contribution in [0.5, 0.6) is 5.75 Å². The molecule has 1 aliphatic rings. The summed E-state index contributed by atoms with van der Waals surface area (Å²) in [5, 5.41) is 1.93. The number of benzene rings is 2. The van der Waals surface area contributed by atoms with Gasteiger partial charge < -0.3 is 19.8 Å². The minimum Gasteiger partial charge on any atom is -0.495 e. The van der Waals surface area contributed by atoms with Crippen molar-refractivity contribution in [2.24, 2.45) is 10.7 Å². The van der Waals surface area contributed by atoms with E-state index in [-0.39, 0.29) is 0 Å². The van der Waals surface area contributed by atoms with Crippen molar-refractivity contribution in [3.63, 3.8) is 0 Å². The summed E-state index contributed by atoms with van der Waals surface area (Å²) in [6, 6.07) is 13.8. The fourth-order valence-electron chi connectivity index (χ4n) is 3.91. The summed E-state index contributed by atoms with van der Waals surface area (Å²) in [7, 11) is 3.29. The maximum atomic E-state index is 6.32. The van der Waals surface area contributed by atoms with Crippen LogP contribution in [0.15, 0.2) is 58.1 Å². The van der Waals surface area contributed by atoms with Crippen LogP contribution in [-0.4, -0.2) is 44.7 Å². The number of anilines is 2. The summed E-state index contributed by atoms with van der Waals surface area (Å²) >= 11 is 0. The fourth-order valence-corrected chi connectivity index (χ4v) is 3.91. The number of guanidine groups is 1. The van der Waals surface area contributed by atoms with Gasteiger partial charge in [-0.3, -0.25) is 4.99 Å². The molecule has 3 aromatic rings. The van der Waals surface area contributed by atoms with Crippen LogP contribution in [0.1, 0.15) is 24.8 Å². The van der Waals surface area contributed by atoms with Crippen molar-refractivity contribution in [3.05, 3.63) is 54.3 Å². The molecule has 2 N–H and O–H groups in total. The molecule has 4 rings (SSSR count). The van der Waals surface area contributed by atoms with E-state index < -0.39 is 0 Å². The molecule has 0 atom stereocenters. The number of methoxy groups -OCH3 is 1. The SMILES string of the molecule is CN=C(N)N(c1cc(C#CCCN2CCCC2)ccc1OC)c1occ2ccccc12. The number of ether oxygens (including phenoxy) is 1. The number of hydrogen-bond acceptors (Lipinski definition) is 4. The first-order valence-electron chi connectivity index (χ1n) is 10.6. The van der Waals surface area contributed by atoms with Crippen molar-refractivity contribution in [1.29, 1.82) is 0 Å². The van der Waals surface area contributed by atoms with Crippen molar-refractivity contribution >= 4 is 28.3 Å². The standard InChI is InChI=1S/C25H28N4O2/c1-27-25(26)29(24-21-11-4-3-10-20(21)18-31-24)22-17-19(12-13-23(22)30-2)9-5-6-14-28-15-7-8-16-28/h3-4,10-13,17-18H,6-8,14-16H2,1-2H3,(H2,26,27). The Bertz CT molecular complexity index is 1130. The summed E-state index contributed by atoms with van der Waals surface area (Å²) in [6.45, 7) is 3.40. The lowest BCUT2D eigenvalue weighted by Gasteiger charge is -2.23.